The number of benzene rings is 2. The van der Waals surface area contributed by atoms with Gasteiger partial charge in [0.25, 0.3) is 5.91 Å². The first kappa shape index (κ1) is 13.3. The van der Waals surface area contributed by atoms with Crippen molar-refractivity contribution in [2.75, 3.05) is 7.05 Å². The molecule has 3 rings (SSSR count). The molecule has 1 aromatic heterocycles. The van der Waals surface area contributed by atoms with Crippen LogP contribution in [0.5, 0.6) is 0 Å². The SMILES string of the molecule is CNC(=O)c1cc2cc(F)cc(-c3ccc(F)cc3)c2[nH]1. The third-order valence-corrected chi connectivity index (χ3v) is 3.32. The molecule has 0 aliphatic heterocycles. The number of rotatable bonds is 2. The first-order chi connectivity index (χ1) is 10.1. The highest BCUT2D eigenvalue weighted by molar-refractivity contribution is 6.02. The second-order valence-corrected chi connectivity index (χ2v) is 4.69. The number of H-pyrrole nitrogens is 1. The topological polar surface area (TPSA) is 44.9 Å². The zero-order valence-electron chi connectivity index (χ0n) is 11.2. The lowest BCUT2D eigenvalue weighted by Crippen LogP contribution is -2.17. The van der Waals surface area contributed by atoms with E-state index in [9.17, 15) is 13.6 Å². The molecule has 3 aromatic rings. The molecule has 0 aliphatic rings. The minimum absolute atomic E-state index is 0.281. The fourth-order valence-corrected chi connectivity index (χ4v) is 2.32. The predicted octanol–water partition coefficient (Wildman–Crippen LogP) is 3.47. The minimum Gasteiger partial charge on any atom is -0.354 e. The molecule has 21 heavy (non-hydrogen) atoms. The lowest BCUT2D eigenvalue weighted by atomic mass is 10.0. The molecule has 0 bridgehead atoms. The molecular formula is C16H12F2N2O. The normalized spacial score (nSPS) is 10.8. The first-order valence-electron chi connectivity index (χ1n) is 6.39. The average molecular weight is 286 g/mol. The van der Waals surface area contributed by atoms with Gasteiger partial charge >= 0.3 is 0 Å². The Bertz CT molecular complexity index is 822. The highest BCUT2D eigenvalue weighted by Crippen LogP contribution is 2.30. The average Bonchev–Trinajstić information content (AvgIpc) is 2.90. The molecule has 3 nitrogen and oxygen atoms in total. The van der Waals surface area contributed by atoms with Gasteiger partial charge < -0.3 is 10.3 Å². The number of carbonyl (C=O) groups excluding carboxylic acids is 1. The summed E-state index contributed by atoms with van der Waals surface area (Å²) in [6, 6.07) is 10.1. The molecule has 0 spiro atoms. The van der Waals surface area contributed by atoms with E-state index in [1.165, 1.54) is 31.3 Å². The van der Waals surface area contributed by atoms with E-state index in [1.807, 2.05) is 0 Å². The Kier molecular flexibility index (Phi) is 3.17. The van der Waals surface area contributed by atoms with Crippen LogP contribution >= 0.6 is 0 Å². The van der Waals surface area contributed by atoms with Crippen molar-refractivity contribution < 1.29 is 13.6 Å². The fraction of sp³-hybridized carbons (Fsp3) is 0.0625. The van der Waals surface area contributed by atoms with Crippen LogP contribution in [-0.2, 0) is 0 Å². The number of aromatic amines is 1. The molecule has 0 saturated carbocycles. The molecule has 0 unspecified atom stereocenters. The van der Waals surface area contributed by atoms with Crippen LogP contribution in [-0.4, -0.2) is 17.9 Å². The van der Waals surface area contributed by atoms with Crippen LogP contribution in [0.15, 0.2) is 42.5 Å². The van der Waals surface area contributed by atoms with E-state index < -0.39 is 5.82 Å². The lowest BCUT2D eigenvalue weighted by molar-refractivity contribution is 0.0959. The number of aromatic nitrogens is 1. The van der Waals surface area contributed by atoms with Crippen molar-refractivity contribution in [2.45, 2.75) is 0 Å². The number of fused-ring (bicyclic) bond motifs is 1. The Morgan fingerprint density at radius 1 is 1.05 bits per heavy atom. The van der Waals surface area contributed by atoms with Gasteiger partial charge in [-0.1, -0.05) is 12.1 Å². The van der Waals surface area contributed by atoms with E-state index in [-0.39, 0.29) is 11.7 Å². The predicted molar refractivity (Wildman–Crippen MR) is 77.0 cm³/mol. The van der Waals surface area contributed by atoms with Crippen molar-refractivity contribution in [1.29, 1.82) is 0 Å². The Morgan fingerprint density at radius 2 is 1.76 bits per heavy atom. The number of nitrogens with one attached hydrogen (secondary N) is 2. The quantitative estimate of drug-likeness (QED) is 0.744. The third-order valence-electron chi connectivity index (χ3n) is 3.32. The Balaban J connectivity index is 2.23. The smallest absolute Gasteiger partial charge is 0.267 e. The van der Waals surface area contributed by atoms with Crippen molar-refractivity contribution >= 4 is 16.8 Å². The van der Waals surface area contributed by atoms with Gasteiger partial charge in [-0.2, -0.15) is 0 Å². The van der Waals surface area contributed by atoms with Gasteiger partial charge in [0.15, 0.2) is 0 Å². The minimum atomic E-state index is -0.413. The second kappa shape index (κ2) is 5.01. The Morgan fingerprint density at radius 3 is 2.43 bits per heavy atom. The highest BCUT2D eigenvalue weighted by atomic mass is 19.1. The van der Waals surface area contributed by atoms with Crippen LogP contribution in [0, 0.1) is 11.6 Å². The molecule has 106 valence electrons. The summed E-state index contributed by atoms with van der Waals surface area (Å²) in [6.45, 7) is 0. The van der Waals surface area contributed by atoms with Crippen LogP contribution < -0.4 is 5.32 Å². The van der Waals surface area contributed by atoms with E-state index in [0.29, 0.717) is 27.7 Å². The van der Waals surface area contributed by atoms with Crippen LogP contribution in [0.1, 0.15) is 10.5 Å². The van der Waals surface area contributed by atoms with E-state index >= 15 is 0 Å². The summed E-state index contributed by atoms with van der Waals surface area (Å²) in [4.78, 5) is 14.7. The van der Waals surface area contributed by atoms with Gasteiger partial charge in [-0.15, -0.1) is 0 Å². The molecule has 0 saturated heterocycles. The molecule has 0 fully saturated rings. The summed E-state index contributed by atoms with van der Waals surface area (Å²) in [5, 5.41) is 3.10. The standard InChI is InChI=1S/C16H12F2N2O/c1-19-16(21)14-7-10-6-12(18)8-13(15(10)20-14)9-2-4-11(17)5-3-9/h2-8,20H,1H3,(H,19,21). The molecule has 5 heteroatoms. The zero-order valence-corrected chi connectivity index (χ0v) is 11.2. The maximum atomic E-state index is 13.8. The summed E-state index contributed by atoms with van der Waals surface area (Å²) in [7, 11) is 1.52. The van der Waals surface area contributed by atoms with Crippen molar-refractivity contribution in [3.63, 3.8) is 0 Å². The lowest BCUT2D eigenvalue weighted by Gasteiger charge is -2.04. The number of hydrogen-bond acceptors (Lipinski definition) is 1. The van der Waals surface area contributed by atoms with Gasteiger partial charge in [0.05, 0.1) is 5.52 Å². The van der Waals surface area contributed by atoms with Crippen molar-refractivity contribution in [3.05, 3.63) is 59.8 Å². The van der Waals surface area contributed by atoms with Crippen molar-refractivity contribution in [3.8, 4) is 11.1 Å². The van der Waals surface area contributed by atoms with E-state index in [0.717, 1.165) is 0 Å². The summed E-state index contributed by atoms with van der Waals surface area (Å²) in [5.41, 5.74) is 2.24. The van der Waals surface area contributed by atoms with Crippen molar-refractivity contribution in [1.82, 2.24) is 10.3 Å². The summed E-state index contributed by atoms with van der Waals surface area (Å²) in [6.07, 6.45) is 0. The van der Waals surface area contributed by atoms with E-state index in [1.54, 1.807) is 18.2 Å². The van der Waals surface area contributed by atoms with Gasteiger partial charge in [-0.05, 0) is 35.9 Å². The fourth-order valence-electron chi connectivity index (χ4n) is 2.32. The molecule has 1 heterocycles. The Labute approximate surface area is 119 Å². The summed E-state index contributed by atoms with van der Waals surface area (Å²) >= 11 is 0. The maximum Gasteiger partial charge on any atom is 0.267 e. The van der Waals surface area contributed by atoms with Crippen molar-refractivity contribution in [2.24, 2.45) is 0 Å². The molecule has 2 aromatic carbocycles. The first-order valence-corrected chi connectivity index (χ1v) is 6.39. The van der Waals surface area contributed by atoms with Gasteiger partial charge in [-0.25, -0.2) is 8.78 Å². The molecule has 0 aliphatic carbocycles. The molecule has 1 amide bonds. The van der Waals surface area contributed by atoms with Gasteiger partial charge in [0.2, 0.25) is 0 Å². The molecular weight excluding hydrogens is 274 g/mol. The maximum absolute atomic E-state index is 13.8. The van der Waals surface area contributed by atoms with Crippen LogP contribution in [0.3, 0.4) is 0 Å². The van der Waals surface area contributed by atoms with Crippen LogP contribution in [0.25, 0.3) is 22.0 Å². The highest BCUT2D eigenvalue weighted by Gasteiger charge is 2.13. The van der Waals surface area contributed by atoms with Crippen LogP contribution in [0.2, 0.25) is 0 Å². The summed E-state index contributed by atoms with van der Waals surface area (Å²) in [5.74, 6) is -1.05. The number of carbonyl (C=O) groups is 1. The number of amides is 1. The second-order valence-electron chi connectivity index (χ2n) is 4.69. The molecule has 0 radical (unpaired) electrons. The Hall–Kier alpha value is -2.69. The number of halogens is 2. The summed E-state index contributed by atoms with van der Waals surface area (Å²) < 4.78 is 26.8. The molecule has 2 N–H and O–H groups in total. The van der Waals surface area contributed by atoms with Gasteiger partial charge in [0.1, 0.15) is 17.3 Å². The monoisotopic (exact) mass is 286 g/mol. The van der Waals surface area contributed by atoms with Gasteiger partial charge in [0, 0.05) is 18.0 Å². The van der Waals surface area contributed by atoms with Crippen LogP contribution in [0.4, 0.5) is 8.78 Å². The van der Waals surface area contributed by atoms with E-state index in [2.05, 4.69) is 10.3 Å². The third kappa shape index (κ3) is 2.38. The zero-order chi connectivity index (χ0) is 15.0. The number of hydrogen-bond donors (Lipinski definition) is 2. The van der Waals surface area contributed by atoms with E-state index in [4.69, 9.17) is 0 Å². The molecule has 0 atom stereocenters. The van der Waals surface area contributed by atoms with Gasteiger partial charge in [-0.3, -0.25) is 4.79 Å². The largest absolute Gasteiger partial charge is 0.354 e.